The third kappa shape index (κ3) is 3.48. The van der Waals surface area contributed by atoms with E-state index in [-0.39, 0.29) is 18.2 Å². The van der Waals surface area contributed by atoms with Crippen LogP contribution in [0.3, 0.4) is 0 Å². The SMILES string of the molecule is CCCC1(C(=O)O)CCCN(C(=O)NC2CC(OC)C2)C1. The van der Waals surface area contributed by atoms with E-state index in [0.29, 0.717) is 25.9 Å². The van der Waals surface area contributed by atoms with Crippen LogP contribution < -0.4 is 5.32 Å². The van der Waals surface area contributed by atoms with Crippen LogP contribution in [0.4, 0.5) is 4.79 Å². The van der Waals surface area contributed by atoms with Gasteiger partial charge in [-0.3, -0.25) is 4.79 Å². The highest BCUT2D eigenvalue weighted by atomic mass is 16.5. The van der Waals surface area contributed by atoms with Gasteiger partial charge in [0.15, 0.2) is 0 Å². The molecule has 2 rings (SSSR count). The van der Waals surface area contributed by atoms with Crippen molar-refractivity contribution in [2.45, 2.75) is 57.6 Å². The summed E-state index contributed by atoms with van der Waals surface area (Å²) in [5.41, 5.74) is -0.765. The third-order valence-corrected chi connectivity index (χ3v) is 4.80. The van der Waals surface area contributed by atoms with Crippen LogP contribution in [-0.2, 0) is 9.53 Å². The maximum absolute atomic E-state index is 12.3. The molecular weight excluding hydrogens is 272 g/mol. The van der Waals surface area contributed by atoms with Crippen LogP contribution in [0.15, 0.2) is 0 Å². The van der Waals surface area contributed by atoms with E-state index in [0.717, 1.165) is 25.7 Å². The molecule has 1 aliphatic carbocycles. The Morgan fingerprint density at radius 1 is 1.43 bits per heavy atom. The predicted octanol–water partition coefficient (Wildman–Crippen LogP) is 1.84. The van der Waals surface area contributed by atoms with Crippen LogP contribution >= 0.6 is 0 Å². The zero-order valence-corrected chi connectivity index (χ0v) is 12.9. The van der Waals surface area contributed by atoms with Gasteiger partial charge in [-0.05, 0) is 32.1 Å². The van der Waals surface area contributed by atoms with E-state index in [1.165, 1.54) is 0 Å². The lowest BCUT2D eigenvalue weighted by Gasteiger charge is -2.42. The molecule has 120 valence electrons. The molecule has 1 saturated carbocycles. The first-order chi connectivity index (χ1) is 10.0. The molecule has 2 fully saturated rings. The number of methoxy groups -OCH3 is 1. The summed E-state index contributed by atoms with van der Waals surface area (Å²) < 4.78 is 5.20. The summed E-state index contributed by atoms with van der Waals surface area (Å²) >= 11 is 0. The number of amides is 2. The summed E-state index contributed by atoms with van der Waals surface area (Å²) in [7, 11) is 1.68. The highest BCUT2D eigenvalue weighted by Gasteiger charge is 2.43. The number of carboxylic acids is 1. The van der Waals surface area contributed by atoms with Gasteiger partial charge < -0.3 is 20.1 Å². The summed E-state index contributed by atoms with van der Waals surface area (Å²) in [4.78, 5) is 25.6. The van der Waals surface area contributed by atoms with Crippen molar-refractivity contribution in [1.82, 2.24) is 10.2 Å². The van der Waals surface area contributed by atoms with E-state index in [1.807, 2.05) is 6.92 Å². The topological polar surface area (TPSA) is 78.9 Å². The van der Waals surface area contributed by atoms with Crippen LogP contribution in [-0.4, -0.2) is 54.4 Å². The number of urea groups is 1. The molecule has 6 nitrogen and oxygen atoms in total. The number of nitrogens with one attached hydrogen (secondary N) is 1. The molecule has 1 aliphatic heterocycles. The number of hydrogen-bond acceptors (Lipinski definition) is 3. The minimum absolute atomic E-state index is 0.129. The third-order valence-electron chi connectivity index (χ3n) is 4.80. The Balaban J connectivity index is 1.90. The monoisotopic (exact) mass is 298 g/mol. The lowest BCUT2D eigenvalue weighted by Crippen LogP contribution is -2.56. The second-order valence-electron chi connectivity index (χ2n) is 6.34. The molecule has 0 aromatic carbocycles. The minimum atomic E-state index is -0.773. The van der Waals surface area contributed by atoms with Crippen LogP contribution in [0, 0.1) is 5.41 Å². The van der Waals surface area contributed by atoms with Gasteiger partial charge >= 0.3 is 12.0 Å². The van der Waals surface area contributed by atoms with Crippen molar-refractivity contribution in [3.05, 3.63) is 0 Å². The number of ether oxygens (including phenoxy) is 1. The number of carboxylic acid groups (broad SMARTS) is 1. The zero-order chi connectivity index (χ0) is 15.5. The lowest BCUT2D eigenvalue weighted by molar-refractivity contribution is -0.152. The largest absolute Gasteiger partial charge is 0.481 e. The Labute approximate surface area is 125 Å². The first kappa shape index (κ1) is 16.1. The van der Waals surface area contributed by atoms with Crippen LogP contribution in [0.1, 0.15) is 45.4 Å². The second kappa shape index (κ2) is 6.64. The number of hydrogen-bond donors (Lipinski definition) is 2. The van der Waals surface area contributed by atoms with Crippen molar-refractivity contribution in [3.63, 3.8) is 0 Å². The summed E-state index contributed by atoms with van der Waals surface area (Å²) in [6.07, 6.45) is 4.79. The molecule has 6 heteroatoms. The van der Waals surface area contributed by atoms with Crippen molar-refractivity contribution >= 4 is 12.0 Å². The quantitative estimate of drug-likeness (QED) is 0.811. The van der Waals surface area contributed by atoms with Gasteiger partial charge in [0.1, 0.15) is 0 Å². The van der Waals surface area contributed by atoms with Gasteiger partial charge in [-0.25, -0.2) is 4.79 Å². The highest BCUT2D eigenvalue weighted by Crippen LogP contribution is 2.35. The molecule has 0 aromatic rings. The molecule has 21 heavy (non-hydrogen) atoms. The Kier molecular flexibility index (Phi) is 5.08. The maximum Gasteiger partial charge on any atom is 0.317 e. The molecule has 1 heterocycles. The van der Waals surface area contributed by atoms with Gasteiger partial charge in [0, 0.05) is 26.2 Å². The van der Waals surface area contributed by atoms with E-state index in [1.54, 1.807) is 12.0 Å². The molecule has 0 radical (unpaired) electrons. The van der Waals surface area contributed by atoms with Gasteiger partial charge in [-0.2, -0.15) is 0 Å². The van der Waals surface area contributed by atoms with E-state index in [2.05, 4.69) is 5.32 Å². The summed E-state index contributed by atoms with van der Waals surface area (Å²) in [6, 6.07) is 0.0331. The van der Waals surface area contributed by atoms with Gasteiger partial charge in [-0.15, -0.1) is 0 Å². The molecule has 2 N–H and O–H groups in total. The van der Waals surface area contributed by atoms with E-state index in [4.69, 9.17) is 4.74 Å². The lowest BCUT2D eigenvalue weighted by atomic mass is 9.76. The fourth-order valence-corrected chi connectivity index (χ4v) is 3.41. The normalized spacial score (nSPS) is 32.4. The van der Waals surface area contributed by atoms with Gasteiger partial charge in [0.25, 0.3) is 0 Å². The average molecular weight is 298 g/mol. The molecule has 1 saturated heterocycles. The number of carbonyl (C=O) groups is 2. The van der Waals surface area contributed by atoms with Gasteiger partial charge in [0.2, 0.25) is 0 Å². The molecule has 2 amide bonds. The Morgan fingerprint density at radius 2 is 2.14 bits per heavy atom. The van der Waals surface area contributed by atoms with Crippen molar-refractivity contribution < 1.29 is 19.4 Å². The molecular formula is C15H26N2O4. The summed E-state index contributed by atoms with van der Waals surface area (Å²) in [5.74, 6) is -0.773. The first-order valence-electron chi connectivity index (χ1n) is 7.82. The fourth-order valence-electron chi connectivity index (χ4n) is 3.41. The molecule has 0 bridgehead atoms. The maximum atomic E-state index is 12.3. The first-order valence-corrected chi connectivity index (χ1v) is 7.82. The zero-order valence-electron chi connectivity index (χ0n) is 12.9. The van der Waals surface area contributed by atoms with Crippen LogP contribution in [0.25, 0.3) is 0 Å². The van der Waals surface area contributed by atoms with Crippen LogP contribution in [0.2, 0.25) is 0 Å². The standard InChI is InChI=1S/C15H26N2O4/c1-3-5-15(13(18)19)6-4-7-17(10-15)14(20)16-11-8-12(9-11)21-2/h11-12H,3-10H2,1-2H3,(H,16,20)(H,18,19). The fraction of sp³-hybridized carbons (Fsp3) is 0.867. The minimum Gasteiger partial charge on any atom is -0.481 e. The number of nitrogens with zero attached hydrogens (tertiary/aromatic N) is 1. The Morgan fingerprint density at radius 3 is 2.71 bits per heavy atom. The van der Waals surface area contributed by atoms with Crippen molar-refractivity contribution in [3.8, 4) is 0 Å². The van der Waals surface area contributed by atoms with Gasteiger partial charge in [-0.1, -0.05) is 13.3 Å². The number of piperidine rings is 1. The van der Waals surface area contributed by atoms with Crippen molar-refractivity contribution in [1.29, 1.82) is 0 Å². The molecule has 1 atom stereocenters. The molecule has 2 aliphatic rings. The number of rotatable bonds is 5. The van der Waals surface area contributed by atoms with E-state index >= 15 is 0 Å². The molecule has 0 aromatic heterocycles. The molecule has 0 spiro atoms. The average Bonchev–Trinajstić information content (AvgIpc) is 2.42. The Bertz CT molecular complexity index is 391. The Hall–Kier alpha value is -1.30. The summed E-state index contributed by atoms with van der Waals surface area (Å²) in [6.45, 7) is 2.95. The van der Waals surface area contributed by atoms with E-state index in [9.17, 15) is 14.7 Å². The number of carbonyl (C=O) groups excluding carboxylic acids is 1. The predicted molar refractivity (Wildman–Crippen MR) is 78.1 cm³/mol. The van der Waals surface area contributed by atoms with Gasteiger partial charge in [0.05, 0.1) is 11.5 Å². The second-order valence-corrected chi connectivity index (χ2v) is 6.34. The highest BCUT2D eigenvalue weighted by molar-refractivity contribution is 5.79. The smallest absolute Gasteiger partial charge is 0.317 e. The van der Waals surface area contributed by atoms with Crippen molar-refractivity contribution in [2.75, 3.05) is 20.2 Å². The summed E-state index contributed by atoms with van der Waals surface area (Å²) in [5, 5.41) is 12.5. The molecule has 1 unspecified atom stereocenters. The number of likely N-dealkylation sites (tertiary alicyclic amines) is 1. The van der Waals surface area contributed by atoms with E-state index < -0.39 is 11.4 Å². The van der Waals surface area contributed by atoms with Crippen molar-refractivity contribution in [2.24, 2.45) is 5.41 Å². The number of aliphatic carboxylic acids is 1. The van der Waals surface area contributed by atoms with Crippen LogP contribution in [0.5, 0.6) is 0 Å².